The Balaban J connectivity index is 2.03. The minimum Gasteiger partial charge on any atom is -0.353 e. The summed E-state index contributed by atoms with van der Waals surface area (Å²) in [6, 6.07) is 4.91. The van der Waals surface area contributed by atoms with Crippen molar-refractivity contribution in [2.75, 3.05) is 17.2 Å². The quantitative estimate of drug-likeness (QED) is 0.746. The zero-order chi connectivity index (χ0) is 16.7. The Morgan fingerprint density at radius 2 is 2.00 bits per heavy atom. The molecule has 0 aliphatic rings. The number of anilines is 3. The number of nitrogens with zero attached hydrogens (tertiary/aromatic N) is 3. The van der Waals surface area contributed by atoms with Gasteiger partial charge in [-0.2, -0.15) is 23.3 Å². The molecular weight excluding hydrogens is 307 g/mol. The molecule has 0 fully saturated rings. The molecule has 1 heterocycles. The van der Waals surface area contributed by atoms with Crippen molar-refractivity contribution >= 4 is 17.5 Å². The van der Waals surface area contributed by atoms with Gasteiger partial charge in [-0.25, -0.2) is 0 Å². The highest BCUT2D eigenvalue weighted by Gasteiger charge is 2.30. The monoisotopic (exact) mass is 325 g/mol. The number of nitrogens with one attached hydrogen (secondary N) is 2. The molecular formula is C15H18F3N5. The number of benzene rings is 1. The average Bonchev–Trinajstić information content (AvgIpc) is 2.51. The lowest BCUT2D eigenvalue weighted by molar-refractivity contribution is -0.137. The normalized spacial score (nSPS) is 11.3. The molecule has 0 atom stereocenters. The third-order valence-electron chi connectivity index (χ3n) is 3.08. The van der Waals surface area contributed by atoms with E-state index in [0.717, 1.165) is 37.9 Å². The maximum Gasteiger partial charge on any atom is 0.416 e. The fraction of sp³-hybridized carbons (Fsp3) is 0.400. The summed E-state index contributed by atoms with van der Waals surface area (Å²) in [7, 11) is 0. The summed E-state index contributed by atoms with van der Waals surface area (Å²) in [5.74, 6) is 0.676. The Bertz CT molecular complexity index is 631. The smallest absolute Gasteiger partial charge is 0.353 e. The maximum absolute atomic E-state index is 12.7. The van der Waals surface area contributed by atoms with Crippen molar-refractivity contribution in [1.82, 2.24) is 15.2 Å². The molecule has 2 rings (SSSR count). The van der Waals surface area contributed by atoms with Gasteiger partial charge in [0.15, 0.2) is 5.82 Å². The second kappa shape index (κ2) is 7.75. The highest BCUT2D eigenvalue weighted by Crippen LogP contribution is 2.31. The largest absolute Gasteiger partial charge is 0.416 e. The number of hydrogen-bond donors (Lipinski definition) is 2. The molecule has 0 saturated carbocycles. The maximum atomic E-state index is 12.7. The van der Waals surface area contributed by atoms with Crippen LogP contribution in [0.25, 0.3) is 0 Å². The number of alkyl halides is 3. The second-order valence-electron chi connectivity index (χ2n) is 5.00. The lowest BCUT2D eigenvalue weighted by Crippen LogP contribution is -2.08. The van der Waals surface area contributed by atoms with Crippen molar-refractivity contribution in [3.05, 3.63) is 36.0 Å². The topological polar surface area (TPSA) is 62.7 Å². The first-order chi connectivity index (χ1) is 11.0. The molecule has 0 aliphatic carbocycles. The lowest BCUT2D eigenvalue weighted by atomic mass is 10.2. The first-order valence-corrected chi connectivity index (χ1v) is 7.37. The zero-order valence-electron chi connectivity index (χ0n) is 12.7. The SMILES string of the molecule is CCCCCNc1nncc(Nc2cccc(C(F)(F)F)c2)n1. The van der Waals surface area contributed by atoms with Gasteiger partial charge in [0.05, 0.1) is 11.8 Å². The van der Waals surface area contributed by atoms with E-state index in [0.29, 0.717) is 11.8 Å². The molecule has 5 nitrogen and oxygen atoms in total. The van der Waals surface area contributed by atoms with Gasteiger partial charge in [-0.05, 0) is 24.6 Å². The molecule has 0 spiro atoms. The van der Waals surface area contributed by atoms with E-state index in [-0.39, 0.29) is 5.69 Å². The number of halogens is 3. The molecule has 0 amide bonds. The van der Waals surface area contributed by atoms with Crippen molar-refractivity contribution in [3.63, 3.8) is 0 Å². The molecule has 0 saturated heterocycles. The van der Waals surface area contributed by atoms with E-state index in [1.807, 2.05) is 0 Å². The van der Waals surface area contributed by atoms with Crippen LogP contribution >= 0.6 is 0 Å². The Kier molecular flexibility index (Phi) is 5.72. The lowest BCUT2D eigenvalue weighted by Gasteiger charge is -2.10. The minimum atomic E-state index is -4.38. The summed E-state index contributed by atoms with van der Waals surface area (Å²) in [6.45, 7) is 2.83. The number of aromatic nitrogens is 3. The van der Waals surface area contributed by atoms with Crippen LogP contribution in [0.2, 0.25) is 0 Å². The first-order valence-electron chi connectivity index (χ1n) is 7.37. The van der Waals surface area contributed by atoms with E-state index in [2.05, 4.69) is 32.7 Å². The third-order valence-corrected chi connectivity index (χ3v) is 3.08. The van der Waals surface area contributed by atoms with Crippen molar-refractivity contribution in [3.8, 4) is 0 Å². The minimum absolute atomic E-state index is 0.289. The number of unbranched alkanes of at least 4 members (excludes halogenated alkanes) is 2. The fourth-order valence-corrected chi connectivity index (χ4v) is 1.94. The van der Waals surface area contributed by atoms with Gasteiger partial charge in [0.25, 0.3) is 0 Å². The van der Waals surface area contributed by atoms with Crippen molar-refractivity contribution < 1.29 is 13.2 Å². The van der Waals surface area contributed by atoms with Crippen LogP contribution in [0.4, 0.5) is 30.6 Å². The van der Waals surface area contributed by atoms with Crippen molar-refractivity contribution in [2.45, 2.75) is 32.4 Å². The van der Waals surface area contributed by atoms with Gasteiger partial charge in [-0.1, -0.05) is 25.8 Å². The van der Waals surface area contributed by atoms with Gasteiger partial charge in [-0.15, -0.1) is 5.10 Å². The molecule has 0 bridgehead atoms. The molecule has 1 aromatic carbocycles. The predicted molar refractivity (Wildman–Crippen MR) is 82.6 cm³/mol. The Hall–Kier alpha value is -2.38. The van der Waals surface area contributed by atoms with Crippen molar-refractivity contribution in [2.24, 2.45) is 0 Å². The predicted octanol–water partition coefficient (Wildman–Crippen LogP) is 4.24. The third kappa shape index (κ3) is 5.39. The average molecular weight is 325 g/mol. The summed E-state index contributed by atoms with van der Waals surface area (Å²) < 4.78 is 38.1. The molecule has 2 N–H and O–H groups in total. The highest BCUT2D eigenvalue weighted by molar-refractivity contribution is 5.57. The van der Waals surface area contributed by atoms with Crippen LogP contribution in [0.5, 0.6) is 0 Å². The first kappa shape index (κ1) is 17.0. The Labute approximate surface area is 132 Å². The zero-order valence-corrected chi connectivity index (χ0v) is 12.7. The van der Waals surface area contributed by atoms with E-state index in [4.69, 9.17) is 0 Å². The number of rotatable bonds is 7. The molecule has 124 valence electrons. The molecule has 8 heteroatoms. The Morgan fingerprint density at radius 1 is 1.17 bits per heavy atom. The van der Waals surface area contributed by atoms with Crippen LogP contribution in [0, 0.1) is 0 Å². The van der Waals surface area contributed by atoms with E-state index < -0.39 is 11.7 Å². The van der Waals surface area contributed by atoms with E-state index in [1.54, 1.807) is 0 Å². The summed E-state index contributed by atoms with van der Waals surface area (Å²) >= 11 is 0. The molecule has 2 aromatic rings. The fourth-order valence-electron chi connectivity index (χ4n) is 1.94. The standard InChI is InChI=1S/C15H18F3N5/c1-2-3-4-8-19-14-22-13(10-20-23-14)21-12-7-5-6-11(9-12)15(16,17)18/h5-7,9-10H,2-4,8H2,1H3,(H2,19,21,22,23). The van der Waals surface area contributed by atoms with Gasteiger partial charge >= 0.3 is 6.18 Å². The molecule has 23 heavy (non-hydrogen) atoms. The molecule has 0 radical (unpaired) electrons. The van der Waals surface area contributed by atoms with Gasteiger partial charge in [0.2, 0.25) is 5.95 Å². The summed E-state index contributed by atoms with van der Waals surface area (Å²) in [6.07, 6.45) is 0.177. The van der Waals surface area contributed by atoms with Crippen LogP contribution in [-0.2, 0) is 6.18 Å². The van der Waals surface area contributed by atoms with Gasteiger partial charge in [0, 0.05) is 12.2 Å². The van der Waals surface area contributed by atoms with E-state index in [9.17, 15) is 13.2 Å². The molecule has 1 aromatic heterocycles. The summed E-state index contributed by atoms with van der Waals surface area (Å²) in [5, 5.41) is 13.5. The van der Waals surface area contributed by atoms with Crippen LogP contribution in [0.3, 0.4) is 0 Å². The van der Waals surface area contributed by atoms with Crippen LogP contribution in [0.15, 0.2) is 30.5 Å². The molecule has 0 unspecified atom stereocenters. The second-order valence-corrected chi connectivity index (χ2v) is 5.00. The molecule has 0 aliphatic heterocycles. The summed E-state index contributed by atoms with van der Waals surface area (Å²) in [5.41, 5.74) is -0.431. The van der Waals surface area contributed by atoms with Gasteiger partial charge in [-0.3, -0.25) is 0 Å². The highest BCUT2D eigenvalue weighted by atomic mass is 19.4. The van der Waals surface area contributed by atoms with Crippen LogP contribution in [-0.4, -0.2) is 21.7 Å². The summed E-state index contributed by atoms with van der Waals surface area (Å²) in [4.78, 5) is 4.18. The van der Waals surface area contributed by atoms with Gasteiger partial charge < -0.3 is 10.6 Å². The van der Waals surface area contributed by atoms with E-state index in [1.165, 1.54) is 18.3 Å². The van der Waals surface area contributed by atoms with Crippen molar-refractivity contribution in [1.29, 1.82) is 0 Å². The number of hydrogen-bond acceptors (Lipinski definition) is 5. The van der Waals surface area contributed by atoms with Crippen LogP contribution < -0.4 is 10.6 Å². The van der Waals surface area contributed by atoms with Gasteiger partial charge in [0.1, 0.15) is 0 Å². The van der Waals surface area contributed by atoms with E-state index >= 15 is 0 Å². The van der Waals surface area contributed by atoms with Crippen LogP contribution in [0.1, 0.15) is 31.7 Å². The Morgan fingerprint density at radius 3 is 2.74 bits per heavy atom.